The van der Waals surface area contributed by atoms with Crippen molar-refractivity contribution in [2.45, 2.75) is 37.0 Å². The lowest BCUT2D eigenvalue weighted by Crippen LogP contribution is -2.45. The molecule has 1 saturated heterocycles. The van der Waals surface area contributed by atoms with Gasteiger partial charge in [-0.05, 0) is 22.6 Å². The molecule has 0 bridgehead atoms. The average Bonchev–Trinajstić information content (AvgIpc) is 2.82. The molecule has 3 N–H and O–H groups in total. The van der Waals surface area contributed by atoms with E-state index in [1.165, 1.54) is 0 Å². The van der Waals surface area contributed by atoms with Crippen LogP contribution < -0.4 is 0 Å². The van der Waals surface area contributed by atoms with Crippen LogP contribution in [0.4, 0.5) is 0 Å². The second kappa shape index (κ2) is 5.19. The molecule has 0 aliphatic carbocycles. The first-order valence-corrected chi connectivity index (χ1v) is 6.37. The number of aliphatic hydroxyl groups excluding tert-OH is 3. The lowest BCUT2D eigenvalue weighted by Gasteiger charge is -2.29. The van der Waals surface area contributed by atoms with Crippen molar-refractivity contribution in [3.05, 3.63) is 9.78 Å². The molecular weight excluding hydrogens is 341 g/mol. The van der Waals surface area contributed by atoms with E-state index in [2.05, 4.69) is 22.6 Å². The Morgan fingerprint density at radius 3 is 2.76 bits per heavy atom. The minimum atomic E-state index is -1.14. The van der Waals surface area contributed by atoms with Gasteiger partial charge in [0.2, 0.25) is 0 Å². The average molecular weight is 355 g/mol. The molecule has 5 atom stereocenters. The molecule has 0 spiro atoms. The van der Waals surface area contributed by atoms with Crippen molar-refractivity contribution in [3.8, 4) is 0 Å². The fourth-order valence-electron chi connectivity index (χ4n) is 2.12. The lowest BCUT2D eigenvalue weighted by molar-refractivity contribution is -0.121. The fourth-order valence-corrected chi connectivity index (χ4v) is 2.90. The Balaban J connectivity index is 2.15. The second-order valence-corrected chi connectivity index (χ2v) is 5.55. The van der Waals surface area contributed by atoms with E-state index < -0.39 is 24.5 Å². The maximum Gasteiger partial charge on any atom is 0.159 e. The summed E-state index contributed by atoms with van der Waals surface area (Å²) < 4.78 is 6.35. The molecule has 0 aromatic heterocycles. The van der Waals surface area contributed by atoms with E-state index in [1.54, 1.807) is 11.1 Å². The fraction of sp³-hybridized carbons (Fsp3) is 0.700. The van der Waals surface area contributed by atoms with Crippen LogP contribution in [0.3, 0.4) is 0 Å². The molecule has 2 rings (SSSR count). The van der Waals surface area contributed by atoms with Gasteiger partial charge in [-0.2, -0.15) is 0 Å². The van der Waals surface area contributed by atoms with Gasteiger partial charge in [0.25, 0.3) is 0 Å². The Bertz CT molecular complexity index is 337. The van der Waals surface area contributed by atoms with Crippen LogP contribution in [-0.2, 0) is 9.53 Å². The van der Waals surface area contributed by atoms with Crippen LogP contribution in [0.5, 0.6) is 0 Å². The van der Waals surface area contributed by atoms with Gasteiger partial charge in [-0.1, -0.05) is 0 Å². The maximum absolute atomic E-state index is 10.9. The topological polar surface area (TPSA) is 90.2 Å². The standard InChI is InChI=1S/C10H14INO5/c11-5-1-6(3-13)12(2-5)10-9(16)8(15)7(4-14)17-10/h2-3,6-10,14-16H,1,4H2. The molecule has 2 aliphatic heterocycles. The molecule has 2 aliphatic rings. The number of rotatable bonds is 3. The van der Waals surface area contributed by atoms with Gasteiger partial charge in [0.1, 0.15) is 24.6 Å². The lowest BCUT2D eigenvalue weighted by atomic mass is 10.1. The summed E-state index contributed by atoms with van der Waals surface area (Å²) in [5.41, 5.74) is 0. The molecule has 1 fully saturated rings. The van der Waals surface area contributed by atoms with Crippen molar-refractivity contribution in [2.75, 3.05) is 6.61 Å². The van der Waals surface area contributed by atoms with Gasteiger partial charge >= 0.3 is 0 Å². The van der Waals surface area contributed by atoms with Gasteiger partial charge < -0.3 is 29.8 Å². The summed E-state index contributed by atoms with van der Waals surface area (Å²) in [6.07, 6.45) is -0.761. The second-order valence-electron chi connectivity index (χ2n) is 4.16. The summed E-state index contributed by atoms with van der Waals surface area (Å²) in [5, 5.41) is 28.5. The monoisotopic (exact) mass is 355 g/mol. The van der Waals surface area contributed by atoms with Gasteiger partial charge in [0.15, 0.2) is 6.23 Å². The van der Waals surface area contributed by atoms with E-state index in [0.717, 1.165) is 9.87 Å². The van der Waals surface area contributed by atoms with E-state index in [4.69, 9.17) is 9.84 Å². The van der Waals surface area contributed by atoms with Gasteiger partial charge in [-0.3, -0.25) is 0 Å². The Hall–Kier alpha value is -0.220. The van der Waals surface area contributed by atoms with Gasteiger partial charge in [-0.15, -0.1) is 0 Å². The van der Waals surface area contributed by atoms with Crippen molar-refractivity contribution in [2.24, 2.45) is 0 Å². The molecule has 17 heavy (non-hydrogen) atoms. The smallest absolute Gasteiger partial charge is 0.159 e. The Morgan fingerprint density at radius 2 is 2.24 bits per heavy atom. The number of nitrogens with zero attached hydrogens (tertiary/aromatic N) is 1. The Labute approximate surface area is 112 Å². The first-order valence-electron chi connectivity index (χ1n) is 5.30. The number of hydrogen-bond donors (Lipinski definition) is 3. The van der Waals surface area contributed by atoms with Crippen LogP contribution >= 0.6 is 22.6 Å². The van der Waals surface area contributed by atoms with E-state index in [-0.39, 0.29) is 12.6 Å². The summed E-state index contributed by atoms with van der Waals surface area (Å²) in [4.78, 5) is 12.5. The quantitative estimate of drug-likeness (QED) is 0.443. The highest BCUT2D eigenvalue weighted by atomic mass is 127. The highest BCUT2D eigenvalue weighted by molar-refractivity contribution is 14.1. The number of halogens is 1. The third-order valence-electron chi connectivity index (χ3n) is 3.04. The van der Waals surface area contributed by atoms with Crippen molar-refractivity contribution >= 4 is 28.9 Å². The number of carbonyl (C=O) groups excluding carboxylic acids is 1. The molecule has 0 saturated carbocycles. The predicted molar refractivity (Wildman–Crippen MR) is 66.2 cm³/mol. The number of aliphatic hydroxyl groups is 3. The molecular formula is C10H14INO5. The molecule has 7 heteroatoms. The molecule has 0 amide bonds. The van der Waals surface area contributed by atoms with E-state index >= 15 is 0 Å². The maximum atomic E-state index is 10.9. The number of aldehydes is 1. The third-order valence-corrected chi connectivity index (χ3v) is 3.76. The predicted octanol–water partition coefficient (Wildman–Crippen LogP) is -1.03. The minimum Gasteiger partial charge on any atom is -0.394 e. The van der Waals surface area contributed by atoms with Crippen LogP contribution in [0.25, 0.3) is 0 Å². The van der Waals surface area contributed by atoms with Gasteiger partial charge in [0, 0.05) is 16.2 Å². The summed E-state index contributed by atoms with van der Waals surface area (Å²) in [5.74, 6) is 0. The van der Waals surface area contributed by atoms with E-state index in [0.29, 0.717) is 6.42 Å². The molecule has 0 radical (unpaired) electrons. The summed E-state index contributed by atoms with van der Waals surface area (Å²) in [6, 6.07) is -0.383. The third kappa shape index (κ3) is 2.34. The zero-order valence-corrected chi connectivity index (χ0v) is 11.1. The number of ether oxygens (including phenoxy) is 1. The highest BCUT2D eigenvalue weighted by Gasteiger charge is 2.47. The normalized spacial score (nSPS) is 41.8. The largest absolute Gasteiger partial charge is 0.394 e. The molecule has 6 nitrogen and oxygen atoms in total. The van der Waals surface area contributed by atoms with Crippen LogP contribution in [-0.4, -0.2) is 63.7 Å². The van der Waals surface area contributed by atoms with Crippen molar-refractivity contribution in [1.82, 2.24) is 4.90 Å². The number of hydrogen-bond acceptors (Lipinski definition) is 6. The van der Waals surface area contributed by atoms with E-state index in [1.807, 2.05) is 0 Å². The molecule has 96 valence electrons. The van der Waals surface area contributed by atoms with Crippen LogP contribution in [0.1, 0.15) is 6.42 Å². The SMILES string of the molecule is O=CC1CC(I)=CN1C1OC(CO)C(O)C1O. The minimum absolute atomic E-state index is 0.366. The molecule has 5 unspecified atom stereocenters. The summed E-state index contributed by atoms with van der Waals surface area (Å²) in [6.45, 7) is -0.366. The zero-order valence-electron chi connectivity index (χ0n) is 8.94. The Morgan fingerprint density at radius 1 is 1.53 bits per heavy atom. The highest BCUT2D eigenvalue weighted by Crippen LogP contribution is 2.32. The van der Waals surface area contributed by atoms with Gasteiger partial charge in [0.05, 0.1) is 12.6 Å². The van der Waals surface area contributed by atoms with Crippen molar-refractivity contribution < 1.29 is 24.9 Å². The first-order chi connectivity index (χ1) is 8.08. The molecule has 0 aromatic rings. The molecule has 2 heterocycles. The summed E-state index contributed by atoms with van der Waals surface area (Å²) >= 11 is 2.11. The van der Waals surface area contributed by atoms with Crippen molar-refractivity contribution in [3.63, 3.8) is 0 Å². The Kier molecular flexibility index (Phi) is 4.03. The summed E-state index contributed by atoms with van der Waals surface area (Å²) in [7, 11) is 0. The van der Waals surface area contributed by atoms with Crippen LogP contribution in [0, 0.1) is 0 Å². The first kappa shape index (κ1) is 13.2. The zero-order chi connectivity index (χ0) is 12.6. The van der Waals surface area contributed by atoms with E-state index in [9.17, 15) is 15.0 Å². The van der Waals surface area contributed by atoms with Crippen molar-refractivity contribution in [1.29, 1.82) is 0 Å². The van der Waals surface area contributed by atoms with Gasteiger partial charge in [-0.25, -0.2) is 0 Å². The van der Waals surface area contributed by atoms with Crippen LogP contribution in [0.15, 0.2) is 9.78 Å². The number of carbonyl (C=O) groups is 1. The van der Waals surface area contributed by atoms with Crippen LogP contribution in [0.2, 0.25) is 0 Å². The molecule has 0 aromatic carbocycles.